The van der Waals surface area contributed by atoms with Gasteiger partial charge in [0.25, 0.3) is 0 Å². The number of carbonyl (C=O) groups excluding carboxylic acids is 1. The highest BCUT2D eigenvalue weighted by Crippen LogP contribution is 2.20. The smallest absolute Gasteiger partial charge is 0.410 e. The van der Waals surface area contributed by atoms with Gasteiger partial charge in [-0.3, -0.25) is 4.99 Å². The van der Waals surface area contributed by atoms with E-state index in [-0.39, 0.29) is 6.09 Å². The number of guanidine groups is 1. The Bertz CT molecular complexity index is 441. The fraction of sp³-hybridized carbons (Fsp3) is 0.895. The molecule has 0 unspecified atom stereocenters. The summed E-state index contributed by atoms with van der Waals surface area (Å²) in [6.07, 6.45) is 2.86. The van der Waals surface area contributed by atoms with Gasteiger partial charge in [0.1, 0.15) is 5.60 Å². The number of hydrogen-bond acceptors (Lipinski definition) is 4. The lowest BCUT2D eigenvalue weighted by atomic mass is 9.96. The van der Waals surface area contributed by atoms with Crippen LogP contribution in [0.25, 0.3) is 0 Å². The molecule has 7 heteroatoms. The summed E-state index contributed by atoms with van der Waals surface area (Å²) in [5.74, 6) is 1.46. The van der Waals surface area contributed by atoms with Gasteiger partial charge in [-0.05, 0) is 52.9 Å². The fourth-order valence-corrected chi connectivity index (χ4v) is 3.05. The summed E-state index contributed by atoms with van der Waals surface area (Å²) in [6.45, 7) is 12.7. The van der Waals surface area contributed by atoms with Crippen molar-refractivity contribution >= 4 is 12.1 Å². The normalized spacial score (nSPS) is 16.5. The second-order valence-corrected chi connectivity index (χ2v) is 7.77. The zero-order valence-electron chi connectivity index (χ0n) is 17.5. The van der Waals surface area contributed by atoms with E-state index >= 15 is 0 Å². The lowest BCUT2D eigenvalue weighted by Crippen LogP contribution is -2.48. The van der Waals surface area contributed by atoms with E-state index in [2.05, 4.69) is 15.2 Å². The van der Waals surface area contributed by atoms with Gasteiger partial charge >= 0.3 is 6.09 Å². The third-order valence-electron chi connectivity index (χ3n) is 4.45. The Balaban J connectivity index is 2.43. The molecule has 1 aliphatic heterocycles. The first-order valence-electron chi connectivity index (χ1n) is 9.73. The molecule has 7 nitrogen and oxygen atoms in total. The van der Waals surface area contributed by atoms with Gasteiger partial charge in [0.2, 0.25) is 0 Å². The van der Waals surface area contributed by atoms with E-state index < -0.39 is 5.60 Å². The number of nitrogens with one attached hydrogen (secondary N) is 1. The highest BCUT2D eigenvalue weighted by atomic mass is 16.6. The van der Waals surface area contributed by atoms with E-state index in [0.717, 1.165) is 58.0 Å². The summed E-state index contributed by atoms with van der Waals surface area (Å²) in [4.78, 5) is 20.8. The van der Waals surface area contributed by atoms with Crippen molar-refractivity contribution < 1.29 is 14.3 Å². The van der Waals surface area contributed by atoms with Crippen molar-refractivity contribution in [2.45, 2.75) is 52.6 Å². The number of rotatable bonds is 7. The van der Waals surface area contributed by atoms with E-state index in [0.29, 0.717) is 12.5 Å². The Morgan fingerprint density at radius 3 is 2.46 bits per heavy atom. The van der Waals surface area contributed by atoms with Crippen LogP contribution in [0.5, 0.6) is 0 Å². The van der Waals surface area contributed by atoms with Gasteiger partial charge in [0.15, 0.2) is 5.96 Å². The summed E-state index contributed by atoms with van der Waals surface area (Å²) < 4.78 is 10.6. The SMILES string of the molecule is CCN(CC1CCN(C(=NC)NCCCOC)CC1)C(=O)OC(C)(C)C. The molecule has 0 aromatic rings. The fourth-order valence-electron chi connectivity index (χ4n) is 3.05. The van der Waals surface area contributed by atoms with E-state index in [1.54, 1.807) is 7.11 Å². The number of carbonyl (C=O) groups is 1. The molecule has 0 aromatic heterocycles. The highest BCUT2D eigenvalue weighted by Gasteiger charge is 2.27. The third kappa shape index (κ3) is 8.25. The Kier molecular flexibility index (Phi) is 9.76. The van der Waals surface area contributed by atoms with E-state index in [4.69, 9.17) is 9.47 Å². The largest absolute Gasteiger partial charge is 0.444 e. The average molecular weight is 371 g/mol. The molecule has 152 valence electrons. The molecule has 0 spiro atoms. The van der Waals surface area contributed by atoms with Crippen LogP contribution in [-0.4, -0.2) is 80.9 Å². The van der Waals surface area contributed by atoms with E-state index in [9.17, 15) is 4.79 Å². The molecular weight excluding hydrogens is 332 g/mol. The van der Waals surface area contributed by atoms with Crippen LogP contribution in [0, 0.1) is 5.92 Å². The van der Waals surface area contributed by atoms with Crippen molar-refractivity contribution in [3.05, 3.63) is 0 Å². The molecule has 0 atom stereocenters. The summed E-state index contributed by atoms with van der Waals surface area (Å²) in [6, 6.07) is 0. The van der Waals surface area contributed by atoms with Gasteiger partial charge in [0.05, 0.1) is 0 Å². The first kappa shape index (κ1) is 22.5. The number of amides is 1. The molecule has 1 N–H and O–H groups in total. The maximum Gasteiger partial charge on any atom is 0.410 e. The van der Waals surface area contributed by atoms with Crippen LogP contribution in [0.15, 0.2) is 4.99 Å². The summed E-state index contributed by atoms with van der Waals surface area (Å²) >= 11 is 0. The van der Waals surface area contributed by atoms with E-state index in [1.165, 1.54) is 0 Å². The van der Waals surface area contributed by atoms with Crippen LogP contribution < -0.4 is 5.32 Å². The first-order chi connectivity index (χ1) is 12.3. The predicted octanol–water partition coefficient (Wildman–Crippen LogP) is 2.57. The molecule has 1 saturated heterocycles. The van der Waals surface area contributed by atoms with Crippen LogP contribution in [0.3, 0.4) is 0 Å². The average Bonchev–Trinajstić information content (AvgIpc) is 2.59. The van der Waals surface area contributed by atoms with Gasteiger partial charge in [-0.25, -0.2) is 4.79 Å². The van der Waals surface area contributed by atoms with Crippen molar-refractivity contribution in [1.29, 1.82) is 0 Å². The number of aliphatic imine (C=N–C) groups is 1. The van der Waals surface area contributed by atoms with Crippen LogP contribution >= 0.6 is 0 Å². The number of methoxy groups -OCH3 is 1. The molecule has 1 fully saturated rings. The second kappa shape index (κ2) is 11.3. The molecule has 26 heavy (non-hydrogen) atoms. The molecule has 0 saturated carbocycles. The minimum absolute atomic E-state index is 0.210. The predicted molar refractivity (Wildman–Crippen MR) is 106 cm³/mol. The van der Waals surface area contributed by atoms with Crippen LogP contribution in [-0.2, 0) is 9.47 Å². The van der Waals surface area contributed by atoms with Crippen molar-refractivity contribution in [1.82, 2.24) is 15.1 Å². The number of hydrogen-bond donors (Lipinski definition) is 1. The number of piperidine rings is 1. The molecular formula is C19H38N4O3. The Morgan fingerprint density at radius 1 is 1.31 bits per heavy atom. The van der Waals surface area contributed by atoms with E-state index in [1.807, 2.05) is 39.6 Å². The van der Waals surface area contributed by atoms with Crippen molar-refractivity contribution in [2.24, 2.45) is 10.9 Å². The van der Waals surface area contributed by atoms with Crippen molar-refractivity contribution in [2.75, 3.05) is 53.5 Å². The maximum absolute atomic E-state index is 12.3. The maximum atomic E-state index is 12.3. The van der Waals surface area contributed by atoms with Crippen molar-refractivity contribution in [3.63, 3.8) is 0 Å². The summed E-state index contributed by atoms with van der Waals surface area (Å²) in [5, 5.41) is 3.40. The third-order valence-corrected chi connectivity index (χ3v) is 4.45. The lowest BCUT2D eigenvalue weighted by molar-refractivity contribution is 0.0214. The lowest BCUT2D eigenvalue weighted by Gasteiger charge is -2.36. The van der Waals surface area contributed by atoms with Gasteiger partial charge in [-0.1, -0.05) is 0 Å². The molecule has 1 heterocycles. The second-order valence-electron chi connectivity index (χ2n) is 7.77. The number of ether oxygens (including phenoxy) is 2. The Morgan fingerprint density at radius 2 is 1.96 bits per heavy atom. The van der Waals surface area contributed by atoms with Gasteiger partial charge < -0.3 is 24.6 Å². The zero-order valence-corrected chi connectivity index (χ0v) is 17.5. The van der Waals surface area contributed by atoms with Gasteiger partial charge in [-0.2, -0.15) is 0 Å². The molecule has 0 bridgehead atoms. The molecule has 1 rings (SSSR count). The molecule has 0 aliphatic carbocycles. The number of nitrogens with zero attached hydrogens (tertiary/aromatic N) is 3. The topological polar surface area (TPSA) is 66.4 Å². The number of likely N-dealkylation sites (tertiary alicyclic amines) is 1. The van der Waals surface area contributed by atoms with Crippen molar-refractivity contribution in [3.8, 4) is 0 Å². The first-order valence-corrected chi connectivity index (χ1v) is 9.73. The molecule has 0 aromatic carbocycles. The molecule has 0 radical (unpaired) electrons. The van der Waals surface area contributed by atoms with Gasteiger partial charge in [-0.15, -0.1) is 0 Å². The zero-order chi connectivity index (χ0) is 19.6. The quantitative estimate of drug-likeness (QED) is 0.424. The highest BCUT2D eigenvalue weighted by molar-refractivity contribution is 5.79. The van der Waals surface area contributed by atoms with Crippen LogP contribution in [0.1, 0.15) is 47.0 Å². The minimum Gasteiger partial charge on any atom is -0.444 e. The summed E-state index contributed by atoms with van der Waals surface area (Å²) in [7, 11) is 3.54. The van der Waals surface area contributed by atoms with Gasteiger partial charge in [0, 0.05) is 53.5 Å². The molecule has 1 aliphatic rings. The Hall–Kier alpha value is -1.50. The minimum atomic E-state index is -0.450. The van der Waals surface area contributed by atoms with Crippen LogP contribution in [0.4, 0.5) is 4.79 Å². The molecule has 1 amide bonds. The summed E-state index contributed by atoms with van der Waals surface area (Å²) in [5.41, 5.74) is -0.450. The van der Waals surface area contributed by atoms with Crippen LogP contribution in [0.2, 0.25) is 0 Å². The Labute approximate surface area is 159 Å². The monoisotopic (exact) mass is 370 g/mol. The standard InChI is InChI=1S/C19H38N4O3/c1-7-22(18(24)26-19(2,3)4)15-16-9-12-23(13-10-16)17(20-5)21-11-8-14-25-6/h16H,7-15H2,1-6H3,(H,20,21).